The molecule has 1 atom stereocenters. The summed E-state index contributed by atoms with van der Waals surface area (Å²) in [6.07, 6.45) is 0.0458. The number of hydrogen-bond acceptors (Lipinski definition) is 2. The van der Waals surface area contributed by atoms with Crippen molar-refractivity contribution in [1.29, 1.82) is 0 Å². The van der Waals surface area contributed by atoms with Crippen LogP contribution in [0.2, 0.25) is 0 Å². The lowest BCUT2D eigenvalue weighted by atomic mass is 9.86. The quantitative estimate of drug-likeness (QED) is 0.832. The lowest BCUT2D eigenvalue weighted by molar-refractivity contribution is -0.141. The molecule has 0 heterocycles. The lowest BCUT2D eigenvalue weighted by Crippen LogP contribution is -2.15. The Morgan fingerprint density at radius 3 is 2.06 bits per heavy atom. The van der Waals surface area contributed by atoms with Gasteiger partial charge >= 0.3 is 5.97 Å². The first-order valence-electron chi connectivity index (χ1n) is 6.08. The van der Waals surface area contributed by atoms with Crippen LogP contribution in [0.3, 0.4) is 0 Å². The zero-order valence-corrected chi connectivity index (χ0v) is 11.4. The second kappa shape index (κ2) is 5.34. The van der Waals surface area contributed by atoms with Crippen LogP contribution in [0.4, 0.5) is 0 Å². The van der Waals surface area contributed by atoms with E-state index in [-0.39, 0.29) is 17.6 Å². The van der Waals surface area contributed by atoms with Gasteiger partial charge in [0.2, 0.25) is 0 Å². The van der Waals surface area contributed by atoms with E-state index in [1.54, 1.807) is 19.1 Å². The van der Waals surface area contributed by atoms with E-state index in [1.807, 2.05) is 12.1 Å². The molecular weight excluding hydrogens is 228 g/mol. The van der Waals surface area contributed by atoms with Crippen LogP contribution in [0.15, 0.2) is 24.3 Å². The first-order valence-corrected chi connectivity index (χ1v) is 6.08. The van der Waals surface area contributed by atoms with Crippen LogP contribution in [0.5, 0.6) is 0 Å². The fraction of sp³-hybridized carbons (Fsp3) is 0.467. The normalized spacial score (nSPS) is 13.1. The second-order valence-electron chi connectivity index (χ2n) is 5.69. The Balaban J connectivity index is 2.80. The molecule has 3 nitrogen and oxygen atoms in total. The summed E-state index contributed by atoms with van der Waals surface area (Å²) >= 11 is 0. The molecule has 1 rings (SSSR count). The molecule has 1 aromatic rings. The smallest absolute Gasteiger partial charge is 0.306 e. The number of Topliss-reactive ketones (excluding diaryl/α,β-unsaturated/α-hetero) is 1. The topological polar surface area (TPSA) is 54.4 Å². The van der Waals surface area contributed by atoms with Crippen molar-refractivity contribution >= 4 is 11.8 Å². The predicted molar refractivity (Wildman–Crippen MR) is 70.9 cm³/mol. The maximum Gasteiger partial charge on any atom is 0.306 e. The van der Waals surface area contributed by atoms with Crippen LogP contribution in [0.1, 0.15) is 50.0 Å². The Morgan fingerprint density at radius 1 is 1.17 bits per heavy atom. The van der Waals surface area contributed by atoms with Crippen molar-refractivity contribution in [2.24, 2.45) is 5.92 Å². The molecule has 0 bridgehead atoms. The monoisotopic (exact) mass is 248 g/mol. The van der Waals surface area contributed by atoms with Crippen LogP contribution in [-0.4, -0.2) is 16.9 Å². The summed E-state index contributed by atoms with van der Waals surface area (Å²) in [4.78, 5) is 22.6. The number of aliphatic carboxylic acids is 1. The predicted octanol–water partition coefficient (Wildman–Crippen LogP) is 3.28. The number of benzene rings is 1. The van der Waals surface area contributed by atoms with Crippen molar-refractivity contribution in [1.82, 2.24) is 0 Å². The molecule has 0 radical (unpaired) electrons. The Hall–Kier alpha value is -1.64. The van der Waals surface area contributed by atoms with Crippen molar-refractivity contribution in [3.63, 3.8) is 0 Å². The summed E-state index contributed by atoms with van der Waals surface area (Å²) in [6.45, 7) is 7.87. The zero-order valence-electron chi connectivity index (χ0n) is 11.4. The molecule has 1 N–H and O–H groups in total. The van der Waals surface area contributed by atoms with E-state index in [1.165, 1.54) is 0 Å². The van der Waals surface area contributed by atoms with Gasteiger partial charge in [-0.15, -0.1) is 0 Å². The molecule has 0 aliphatic carbocycles. The van der Waals surface area contributed by atoms with Crippen LogP contribution >= 0.6 is 0 Å². The van der Waals surface area contributed by atoms with E-state index in [0.717, 1.165) is 5.56 Å². The molecule has 1 aromatic carbocycles. The van der Waals surface area contributed by atoms with Crippen molar-refractivity contribution in [2.45, 2.75) is 39.5 Å². The van der Waals surface area contributed by atoms with E-state index in [2.05, 4.69) is 20.8 Å². The van der Waals surface area contributed by atoms with Crippen molar-refractivity contribution in [3.05, 3.63) is 35.4 Å². The van der Waals surface area contributed by atoms with Gasteiger partial charge in [0, 0.05) is 12.0 Å². The molecule has 0 fully saturated rings. The SMILES string of the molecule is C[C@H](CC(=O)c1ccc(C(C)(C)C)cc1)C(=O)O. The van der Waals surface area contributed by atoms with Gasteiger partial charge in [-0.2, -0.15) is 0 Å². The van der Waals surface area contributed by atoms with Gasteiger partial charge in [-0.05, 0) is 11.0 Å². The van der Waals surface area contributed by atoms with Gasteiger partial charge in [-0.25, -0.2) is 0 Å². The Kier molecular flexibility index (Phi) is 4.28. The zero-order chi connectivity index (χ0) is 13.9. The lowest BCUT2D eigenvalue weighted by Gasteiger charge is -2.19. The highest BCUT2D eigenvalue weighted by Crippen LogP contribution is 2.22. The van der Waals surface area contributed by atoms with Crippen molar-refractivity contribution < 1.29 is 14.7 Å². The van der Waals surface area contributed by atoms with Gasteiger partial charge < -0.3 is 5.11 Å². The largest absolute Gasteiger partial charge is 0.481 e. The minimum Gasteiger partial charge on any atom is -0.481 e. The molecule has 18 heavy (non-hydrogen) atoms. The first-order chi connectivity index (χ1) is 8.21. The molecule has 0 unspecified atom stereocenters. The summed E-state index contributed by atoms with van der Waals surface area (Å²) in [5.74, 6) is -1.69. The number of carbonyl (C=O) groups is 2. The standard InChI is InChI=1S/C15H20O3/c1-10(14(17)18)9-13(16)11-5-7-12(8-6-11)15(2,3)4/h5-8,10H,9H2,1-4H3,(H,17,18)/t10-/m1/s1. The Bertz CT molecular complexity index is 438. The molecule has 0 aliphatic rings. The third-order valence-electron chi connectivity index (χ3n) is 2.99. The van der Waals surface area contributed by atoms with Gasteiger partial charge in [0.15, 0.2) is 5.78 Å². The number of carbonyl (C=O) groups excluding carboxylic acids is 1. The summed E-state index contributed by atoms with van der Waals surface area (Å²) in [6, 6.07) is 7.41. The number of hydrogen-bond donors (Lipinski definition) is 1. The molecule has 0 saturated carbocycles. The molecule has 0 saturated heterocycles. The van der Waals surface area contributed by atoms with Crippen LogP contribution in [0.25, 0.3) is 0 Å². The van der Waals surface area contributed by atoms with Gasteiger partial charge in [-0.1, -0.05) is 52.0 Å². The first kappa shape index (κ1) is 14.4. The molecule has 0 spiro atoms. The molecule has 98 valence electrons. The van der Waals surface area contributed by atoms with E-state index < -0.39 is 11.9 Å². The summed E-state index contributed by atoms with van der Waals surface area (Å²) in [5.41, 5.74) is 1.79. The Morgan fingerprint density at radius 2 is 1.67 bits per heavy atom. The van der Waals surface area contributed by atoms with E-state index >= 15 is 0 Å². The van der Waals surface area contributed by atoms with E-state index in [4.69, 9.17) is 5.11 Å². The third-order valence-corrected chi connectivity index (χ3v) is 2.99. The van der Waals surface area contributed by atoms with Crippen molar-refractivity contribution in [2.75, 3.05) is 0 Å². The Labute approximate surface area is 108 Å². The number of rotatable bonds is 4. The number of ketones is 1. The molecule has 0 aliphatic heterocycles. The van der Waals surface area contributed by atoms with Gasteiger partial charge in [0.05, 0.1) is 5.92 Å². The fourth-order valence-corrected chi connectivity index (χ4v) is 1.64. The minimum absolute atomic E-state index is 0.0458. The summed E-state index contributed by atoms with van der Waals surface area (Å²) < 4.78 is 0. The number of carboxylic acid groups (broad SMARTS) is 1. The second-order valence-corrected chi connectivity index (χ2v) is 5.69. The van der Waals surface area contributed by atoms with Gasteiger partial charge in [-0.3, -0.25) is 9.59 Å². The highest BCUT2D eigenvalue weighted by Gasteiger charge is 2.18. The number of carboxylic acids is 1. The van der Waals surface area contributed by atoms with E-state index in [0.29, 0.717) is 5.56 Å². The van der Waals surface area contributed by atoms with Gasteiger partial charge in [0.25, 0.3) is 0 Å². The average Bonchev–Trinajstić information content (AvgIpc) is 2.27. The minimum atomic E-state index is -0.935. The fourth-order valence-electron chi connectivity index (χ4n) is 1.64. The average molecular weight is 248 g/mol. The molecule has 0 aromatic heterocycles. The van der Waals surface area contributed by atoms with Crippen molar-refractivity contribution in [3.8, 4) is 0 Å². The van der Waals surface area contributed by atoms with E-state index in [9.17, 15) is 9.59 Å². The maximum absolute atomic E-state index is 11.9. The summed E-state index contributed by atoms with van der Waals surface area (Å²) in [7, 11) is 0. The maximum atomic E-state index is 11.9. The molecule has 3 heteroatoms. The summed E-state index contributed by atoms with van der Waals surface area (Å²) in [5, 5.41) is 8.78. The van der Waals surface area contributed by atoms with Crippen LogP contribution < -0.4 is 0 Å². The van der Waals surface area contributed by atoms with Crippen LogP contribution in [-0.2, 0) is 10.2 Å². The van der Waals surface area contributed by atoms with Crippen LogP contribution in [0, 0.1) is 5.92 Å². The van der Waals surface area contributed by atoms with Gasteiger partial charge in [0.1, 0.15) is 0 Å². The highest BCUT2D eigenvalue weighted by atomic mass is 16.4. The highest BCUT2D eigenvalue weighted by molar-refractivity contribution is 5.97. The third kappa shape index (κ3) is 3.69. The molecule has 0 amide bonds. The molecular formula is C15H20O3.